The van der Waals surface area contributed by atoms with Crippen LogP contribution in [0.3, 0.4) is 0 Å². The molecule has 1 aromatic heterocycles. The van der Waals surface area contributed by atoms with Crippen molar-refractivity contribution in [3.8, 4) is 0 Å². The Labute approximate surface area is 103 Å². The number of rotatable bonds is 1. The molecule has 0 saturated heterocycles. The topological polar surface area (TPSA) is 33.1 Å². The summed E-state index contributed by atoms with van der Waals surface area (Å²) >= 11 is 4.97. The fourth-order valence-electron chi connectivity index (χ4n) is 2.48. The summed E-state index contributed by atoms with van der Waals surface area (Å²) in [5.74, 6) is 1.05. The summed E-state index contributed by atoms with van der Waals surface area (Å²) in [5, 5.41) is 10.7. The Morgan fingerprint density at radius 3 is 2.87 bits per heavy atom. The lowest BCUT2D eigenvalue weighted by Crippen LogP contribution is -2.38. The second-order valence-corrected chi connectivity index (χ2v) is 6.28. The van der Waals surface area contributed by atoms with E-state index >= 15 is 0 Å². The van der Waals surface area contributed by atoms with Crippen molar-refractivity contribution in [2.45, 2.75) is 38.7 Å². The third-order valence-electron chi connectivity index (χ3n) is 3.51. The zero-order valence-corrected chi connectivity index (χ0v) is 11.4. The smallest absolute Gasteiger partial charge is 0.123 e. The quantitative estimate of drug-likeness (QED) is 0.858. The second-order valence-electron chi connectivity index (χ2n) is 4.68. The standard InChI is InChI=1S/C11H16BrNOS/c1-7-3-4-11(14,8(2)5-7)9-10(12)13-6-15-9/h6-8,14H,3-5H2,1-2H3. The minimum Gasteiger partial charge on any atom is -0.384 e. The molecule has 2 rings (SSSR count). The third kappa shape index (κ3) is 1.99. The molecule has 15 heavy (non-hydrogen) atoms. The van der Waals surface area contributed by atoms with Gasteiger partial charge in [-0.2, -0.15) is 0 Å². The molecule has 3 unspecified atom stereocenters. The van der Waals surface area contributed by atoms with Gasteiger partial charge in [0.1, 0.15) is 10.2 Å². The van der Waals surface area contributed by atoms with Crippen molar-refractivity contribution in [1.82, 2.24) is 4.98 Å². The Kier molecular flexibility index (Phi) is 3.20. The minimum absolute atomic E-state index is 0.318. The first kappa shape index (κ1) is 11.6. The Hall–Kier alpha value is 0.0700. The van der Waals surface area contributed by atoms with E-state index in [-0.39, 0.29) is 0 Å². The maximum absolute atomic E-state index is 10.7. The van der Waals surface area contributed by atoms with Gasteiger partial charge < -0.3 is 5.11 Å². The number of aromatic nitrogens is 1. The fourth-order valence-corrected chi connectivity index (χ4v) is 4.26. The second kappa shape index (κ2) is 4.15. The van der Waals surface area contributed by atoms with E-state index in [9.17, 15) is 5.11 Å². The first-order valence-electron chi connectivity index (χ1n) is 5.36. The van der Waals surface area contributed by atoms with Crippen LogP contribution >= 0.6 is 27.3 Å². The monoisotopic (exact) mass is 289 g/mol. The summed E-state index contributed by atoms with van der Waals surface area (Å²) in [6.45, 7) is 4.40. The fraction of sp³-hybridized carbons (Fsp3) is 0.727. The molecule has 0 amide bonds. The van der Waals surface area contributed by atoms with Crippen LogP contribution in [0.1, 0.15) is 38.0 Å². The molecule has 0 spiro atoms. The van der Waals surface area contributed by atoms with Crippen LogP contribution in [-0.4, -0.2) is 10.1 Å². The van der Waals surface area contributed by atoms with Gasteiger partial charge in [-0.15, -0.1) is 11.3 Å². The predicted octanol–water partition coefficient (Wildman–Crippen LogP) is 3.55. The molecule has 0 aliphatic heterocycles. The number of halogens is 1. The maximum Gasteiger partial charge on any atom is 0.123 e. The Balaban J connectivity index is 2.30. The summed E-state index contributed by atoms with van der Waals surface area (Å²) in [6, 6.07) is 0. The van der Waals surface area contributed by atoms with Gasteiger partial charge in [0.05, 0.1) is 10.4 Å². The van der Waals surface area contributed by atoms with E-state index in [1.165, 1.54) is 0 Å². The van der Waals surface area contributed by atoms with E-state index in [1.807, 2.05) is 0 Å². The number of hydrogen-bond donors (Lipinski definition) is 1. The molecule has 4 heteroatoms. The maximum atomic E-state index is 10.7. The van der Waals surface area contributed by atoms with Gasteiger partial charge in [-0.1, -0.05) is 13.8 Å². The third-order valence-corrected chi connectivity index (χ3v) is 5.36. The van der Waals surface area contributed by atoms with E-state index < -0.39 is 5.60 Å². The Bertz CT molecular complexity index is 354. The zero-order valence-electron chi connectivity index (χ0n) is 9.03. The van der Waals surface area contributed by atoms with Crippen molar-refractivity contribution in [3.05, 3.63) is 15.0 Å². The van der Waals surface area contributed by atoms with Gasteiger partial charge in [0.15, 0.2) is 0 Å². The van der Waals surface area contributed by atoms with Crippen molar-refractivity contribution in [3.63, 3.8) is 0 Å². The first-order chi connectivity index (χ1) is 7.04. The van der Waals surface area contributed by atoms with E-state index in [0.29, 0.717) is 5.92 Å². The summed E-state index contributed by atoms with van der Waals surface area (Å²) in [5.41, 5.74) is 1.13. The van der Waals surface area contributed by atoms with Gasteiger partial charge >= 0.3 is 0 Å². The highest BCUT2D eigenvalue weighted by atomic mass is 79.9. The lowest BCUT2D eigenvalue weighted by molar-refractivity contribution is -0.0564. The van der Waals surface area contributed by atoms with E-state index in [4.69, 9.17) is 0 Å². The molecular weight excluding hydrogens is 274 g/mol. The van der Waals surface area contributed by atoms with Gasteiger partial charge in [0, 0.05) is 0 Å². The van der Waals surface area contributed by atoms with Gasteiger partial charge in [-0.25, -0.2) is 4.98 Å². The molecule has 0 radical (unpaired) electrons. The molecule has 84 valence electrons. The Morgan fingerprint density at radius 1 is 1.60 bits per heavy atom. The molecule has 0 bridgehead atoms. The van der Waals surface area contributed by atoms with Crippen LogP contribution in [0.2, 0.25) is 0 Å². The van der Waals surface area contributed by atoms with Gasteiger partial charge in [-0.05, 0) is 47.0 Å². The van der Waals surface area contributed by atoms with Gasteiger partial charge in [0.25, 0.3) is 0 Å². The van der Waals surface area contributed by atoms with E-state index in [2.05, 4.69) is 34.8 Å². The van der Waals surface area contributed by atoms with Crippen LogP contribution in [0.25, 0.3) is 0 Å². The van der Waals surface area contributed by atoms with Crippen LogP contribution in [0.15, 0.2) is 10.1 Å². The predicted molar refractivity (Wildman–Crippen MR) is 65.9 cm³/mol. The summed E-state index contributed by atoms with van der Waals surface area (Å²) in [7, 11) is 0. The average molecular weight is 290 g/mol. The van der Waals surface area contributed by atoms with Crippen LogP contribution < -0.4 is 0 Å². The number of hydrogen-bond acceptors (Lipinski definition) is 3. The zero-order chi connectivity index (χ0) is 11.1. The molecule has 1 heterocycles. The molecule has 1 N–H and O–H groups in total. The average Bonchev–Trinajstić information content (AvgIpc) is 2.59. The normalized spacial score (nSPS) is 36.8. The molecule has 0 aromatic carbocycles. The van der Waals surface area contributed by atoms with Gasteiger partial charge in [-0.3, -0.25) is 0 Å². The van der Waals surface area contributed by atoms with Crippen LogP contribution in [-0.2, 0) is 5.60 Å². The molecule has 1 aliphatic rings. The first-order valence-corrected chi connectivity index (χ1v) is 7.03. The minimum atomic E-state index is -0.660. The molecule has 3 atom stereocenters. The number of aliphatic hydroxyl groups is 1. The summed E-state index contributed by atoms with van der Waals surface area (Å²) in [6.07, 6.45) is 3.06. The summed E-state index contributed by atoms with van der Waals surface area (Å²) < 4.78 is 0.816. The van der Waals surface area contributed by atoms with Crippen molar-refractivity contribution >= 4 is 27.3 Å². The van der Waals surface area contributed by atoms with Crippen molar-refractivity contribution in [2.24, 2.45) is 11.8 Å². The molecule has 1 aromatic rings. The van der Waals surface area contributed by atoms with Crippen LogP contribution in [0.4, 0.5) is 0 Å². The highest BCUT2D eigenvalue weighted by Crippen LogP contribution is 2.46. The summed E-state index contributed by atoms with van der Waals surface area (Å²) in [4.78, 5) is 5.17. The molecule has 2 nitrogen and oxygen atoms in total. The van der Waals surface area contributed by atoms with E-state index in [0.717, 1.165) is 34.7 Å². The highest BCUT2D eigenvalue weighted by molar-refractivity contribution is 9.10. The molecular formula is C11H16BrNOS. The lowest BCUT2D eigenvalue weighted by Gasteiger charge is -2.40. The van der Waals surface area contributed by atoms with Crippen molar-refractivity contribution in [2.75, 3.05) is 0 Å². The lowest BCUT2D eigenvalue weighted by atomic mass is 9.72. The van der Waals surface area contributed by atoms with Crippen LogP contribution in [0, 0.1) is 11.8 Å². The Morgan fingerprint density at radius 2 is 2.33 bits per heavy atom. The number of thiazole rings is 1. The number of nitrogens with zero attached hydrogens (tertiary/aromatic N) is 1. The highest BCUT2D eigenvalue weighted by Gasteiger charge is 2.42. The molecule has 1 fully saturated rings. The van der Waals surface area contributed by atoms with Crippen molar-refractivity contribution < 1.29 is 5.11 Å². The SMILES string of the molecule is CC1CCC(O)(c2scnc2Br)C(C)C1. The van der Waals surface area contributed by atoms with Crippen molar-refractivity contribution in [1.29, 1.82) is 0 Å². The van der Waals surface area contributed by atoms with E-state index in [1.54, 1.807) is 16.8 Å². The largest absolute Gasteiger partial charge is 0.384 e. The van der Waals surface area contributed by atoms with Gasteiger partial charge in [0.2, 0.25) is 0 Å². The molecule has 1 aliphatic carbocycles. The van der Waals surface area contributed by atoms with Crippen LogP contribution in [0.5, 0.6) is 0 Å². The molecule has 1 saturated carbocycles.